The molecule has 0 saturated carbocycles. The second-order valence-corrected chi connectivity index (χ2v) is 2.27. The minimum Gasteiger partial charge on any atom is -0.145 e. The normalized spacial score (nSPS) is 13.5. The van der Waals surface area contributed by atoms with E-state index < -0.39 is 0 Å². The second-order valence-electron chi connectivity index (χ2n) is 2.27. The van der Waals surface area contributed by atoms with Gasteiger partial charge in [-0.3, -0.25) is 0 Å². The van der Waals surface area contributed by atoms with Crippen LogP contribution in [0.3, 0.4) is 0 Å². The van der Waals surface area contributed by atoms with Crippen molar-refractivity contribution in [2.75, 3.05) is 0 Å². The number of nitrogens with zero attached hydrogens (tertiary/aromatic N) is 1. The molecule has 10 heavy (non-hydrogen) atoms. The molecule has 0 saturated heterocycles. The van der Waals surface area contributed by atoms with Crippen molar-refractivity contribution in [3.8, 4) is 0 Å². The number of rotatable bonds is 3. The van der Waals surface area contributed by atoms with E-state index in [0.717, 1.165) is 6.42 Å². The molecule has 0 N–H and O–H groups in total. The molecule has 0 spiro atoms. The summed E-state index contributed by atoms with van der Waals surface area (Å²) in [6.45, 7) is 5.78. The molecular formula is C8H13NO. The highest BCUT2D eigenvalue weighted by Crippen LogP contribution is 2.00. The second kappa shape index (κ2) is 4.91. The average molecular weight is 139 g/mol. The van der Waals surface area contributed by atoms with Crippen molar-refractivity contribution >= 4 is 0 Å². The Balaban J connectivity index is 4.03. The molecule has 2 heteroatoms. The van der Waals surface area contributed by atoms with Crippen LogP contribution >= 0.6 is 0 Å². The van der Waals surface area contributed by atoms with Gasteiger partial charge in [0, 0.05) is 0 Å². The Morgan fingerprint density at radius 3 is 2.40 bits per heavy atom. The maximum atomic E-state index is 9.86. The van der Waals surface area contributed by atoms with E-state index in [4.69, 9.17) is 0 Å². The van der Waals surface area contributed by atoms with Crippen LogP contribution < -0.4 is 0 Å². The van der Waals surface area contributed by atoms with Crippen LogP contribution in [0.5, 0.6) is 0 Å². The highest BCUT2D eigenvalue weighted by atomic mass is 16.3. The largest absolute Gasteiger partial charge is 0.145 e. The van der Waals surface area contributed by atoms with Gasteiger partial charge in [0.05, 0.1) is 5.70 Å². The van der Waals surface area contributed by atoms with E-state index in [1.807, 2.05) is 13.0 Å². The Hall–Kier alpha value is -0.920. The summed E-state index contributed by atoms with van der Waals surface area (Å²) in [5.74, 6) is 0. The van der Waals surface area contributed by atoms with Gasteiger partial charge in [0.2, 0.25) is 0 Å². The maximum absolute atomic E-state index is 9.86. The van der Waals surface area contributed by atoms with Crippen molar-refractivity contribution in [2.24, 2.45) is 5.18 Å². The van der Waals surface area contributed by atoms with Crippen LogP contribution in [0.15, 0.2) is 28.6 Å². The zero-order valence-corrected chi connectivity index (χ0v) is 6.72. The smallest absolute Gasteiger partial charge is 0.0818 e. The lowest BCUT2D eigenvalue weighted by atomic mass is 10.2. The first-order chi connectivity index (χ1) is 4.70. The SMILES string of the molecule is CC/C(C)=C\C=C(/C)N=O. The van der Waals surface area contributed by atoms with Crippen molar-refractivity contribution in [3.05, 3.63) is 28.3 Å². The van der Waals surface area contributed by atoms with Gasteiger partial charge in [0.15, 0.2) is 0 Å². The van der Waals surface area contributed by atoms with E-state index in [1.165, 1.54) is 5.57 Å². The number of hydrogen-bond acceptors (Lipinski definition) is 2. The summed E-state index contributed by atoms with van der Waals surface area (Å²) in [5.41, 5.74) is 1.77. The molecule has 0 fully saturated rings. The van der Waals surface area contributed by atoms with Crippen LogP contribution in [0.2, 0.25) is 0 Å². The van der Waals surface area contributed by atoms with Crippen LogP contribution in [0, 0.1) is 4.91 Å². The lowest BCUT2D eigenvalue weighted by Crippen LogP contribution is -1.69. The van der Waals surface area contributed by atoms with Crippen LogP contribution in [0.25, 0.3) is 0 Å². The Labute approximate surface area is 61.6 Å². The third-order valence-electron chi connectivity index (χ3n) is 1.31. The minimum absolute atomic E-state index is 0.521. The van der Waals surface area contributed by atoms with Gasteiger partial charge in [0.1, 0.15) is 0 Å². The van der Waals surface area contributed by atoms with Crippen molar-refractivity contribution in [1.82, 2.24) is 0 Å². The molecule has 2 nitrogen and oxygen atoms in total. The predicted octanol–water partition coefficient (Wildman–Crippen LogP) is 3.01. The maximum Gasteiger partial charge on any atom is 0.0818 e. The Morgan fingerprint density at radius 1 is 1.40 bits per heavy atom. The summed E-state index contributed by atoms with van der Waals surface area (Å²) in [4.78, 5) is 9.86. The van der Waals surface area contributed by atoms with Crippen LogP contribution in [-0.2, 0) is 0 Å². The van der Waals surface area contributed by atoms with E-state index in [9.17, 15) is 4.91 Å². The fourth-order valence-electron chi connectivity index (χ4n) is 0.411. The molecule has 0 radical (unpaired) electrons. The standard InChI is InChI=1S/C8H13NO/c1-4-7(2)5-6-8(3)9-10/h5-6H,4H2,1-3H3/b7-5-,8-6+. The van der Waals surface area contributed by atoms with Crippen molar-refractivity contribution in [3.63, 3.8) is 0 Å². The summed E-state index contributed by atoms with van der Waals surface area (Å²) in [5, 5.41) is 2.76. The van der Waals surface area contributed by atoms with E-state index in [2.05, 4.69) is 12.1 Å². The van der Waals surface area contributed by atoms with Gasteiger partial charge in [-0.15, -0.1) is 4.91 Å². The van der Waals surface area contributed by atoms with Crippen molar-refractivity contribution in [2.45, 2.75) is 27.2 Å². The highest BCUT2D eigenvalue weighted by Gasteiger charge is 1.82. The Morgan fingerprint density at radius 2 is 2.00 bits per heavy atom. The molecule has 0 aromatic carbocycles. The van der Waals surface area contributed by atoms with Gasteiger partial charge >= 0.3 is 0 Å². The molecule has 0 rings (SSSR count). The van der Waals surface area contributed by atoms with E-state index in [-0.39, 0.29) is 0 Å². The zero-order valence-electron chi connectivity index (χ0n) is 6.72. The monoisotopic (exact) mass is 139 g/mol. The molecule has 0 unspecified atom stereocenters. The molecule has 0 atom stereocenters. The van der Waals surface area contributed by atoms with Gasteiger partial charge in [-0.25, -0.2) is 0 Å². The third-order valence-corrected chi connectivity index (χ3v) is 1.31. The summed E-state index contributed by atoms with van der Waals surface area (Å²) in [7, 11) is 0. The first kappa shape index (κ1) is 9.08. The number of hydrogen-bond donors (Lipinski definition) is 0. The van der Waals surface area contributed by atoms with Gasteiger partial charge < -0.3 is 0 Å². The molecule has 0 aromatic rings. The van der Waals surface area contributed by atoms with Crippen LogP contribution in [-0.4, -0.2) is 0 Å². The van der Waals surface area contributed by atoms with E-state index in [0.29, 0.717) is 5.70 Å². The van der Waals surface area contributed by atoms with Gasteiger partial charge in [-0.05, 0) is 31.5 Å². The first-order valence-corrected chi connectivity index (χ1v) is 3.38. The van der Waals surface area contributed by atoms with Crippen molar-refractivity contribution < 1.29 is 0 Å². The zero-order chi connectivity index (χ0) is 7.98. The van der Waals surface area contributed by atoms with E-state index >= 15 is 0 Å². The lowest BCUT2D eigenvalue weighted by Gasteiger charge is -1.88. The topological polar surface area (TPSA) is 29.4 Å². The van der Waals surface area contributed by atoms with Crippen LogP contribution in [0.4, 0.5) is 0 Å². The van der Waals surface area contributed by atoms with Gasteiger partial charge in [-0.2, -0.15) is 0 Å². The molecule has 0 aliphatic carbocycles. The van der Waals surface area contributed by atoms with Gasteiger partial charge in [0.25, 0.3) is 0 Å². The molecule has 0 aliphatic heterocycles. The molecular weight excluding hydrogens is 126 g/mol. The van der Waals surface area contributed by atoms with Crippen molar-refractivity contribution in [1.29, 1.82) is 0 Å². The summed E-state index contributed by atoms with van der Waals surface area (Å²) in [6.07, 6.45) is 4.66. The molecule has 0 heterocycles. The van der Waals surface area contributed by atoms with E-state index in [1.54, 1.807) is 13.0 Å². The minimum atomic E-state index is 0.521. The molecule has 0 aromatic heterocycles. The summed E-state index contributed by atoms with van der Waals surface area (Å²) >= 11 is 0. The highest BCUT2D eigenvalue weighted by molar-refractivity contribution is 5.14. The first-order valence-electron chi connectivity index (χ1n) is 3.38. The fourth-order valence-corrected chi connectivity index (χ4v) is 0.411. The molecule has 0 amide bonds. The Kier molecular flexibility index (Phi) is 4.46. The molecule has 0 aliphatic rings. The number of allylic oxidation sites excluding steroid dienone is 4. The average Bonchev–Trinajstić information content (AvgIpc) is 1.99. The molecule has 56 valence electrons. The summed E-state index contributed by atoms with van der Waals surface area (Å²) in [6, 6.07) is 0. The lowest BCUT2D eigenvalue weighted by molar-refractivity contribution is 1.10. The number of nitroso groups, excluding NO2 is 1. The van der Waals surface area contributed by atoms with Gasteiger partial charge in [-0.1, -0.05) is 18.6 Å². The van der Waals surface area contributed by atoms with Crippen LogP contribution in [0.1, 0.15) is 27.2 Å². The fraction of sp³-hybridized carbons (Fsp3) is 0.500. The predicted molar refractivity (Wildman–Crippen MR) is 43.6 cm³/mol. The summed E-state index contributed by atoms with van der Waals surface area (Å²) < 4.78 is 0. The molecule has 0 bridgehead atoms. The quantitative estimate of drug-likeness (QED) is 0.436. The third kappa shape index (κ3) is 4.01. The Bertz CT molecular complexity index is 168.